The van der Waals surface area contributed by atoms with E-state index < -0.39 is 5.97 Å². The van der Waals surface area contributed by atoms with E-state index in [0.717, 1.165) is 15.7 Å². The first-order chi connectivity index (χ1) is 9.95. The van der Waals surface area contributed by atoms with E-state index in [1.807, 2.05) is 25.1 Å². The molecule has 0 saturated heterocycles. The van der Waals surface area contributed by atoms with Crippen LogP contribution in [0.15, 0.2) is 22.7 Å². The lowest BCUT2D eigenvalue weighted by atomic mass is 9.86. The van der Waals surface area contributed by atoms with Gasteiger partial charge in [0.25, 0.3) is 0 Å². The molecule has 0 bridgehead atoms. The molecule has 114 valence electrons. The minimum absolute atomic E-state index is 0.0455. The van der Waals surface area contributed by atoms with E-state index >= 15 is 0 Å². The highest BCUT2D eigenvalue weighted by atomic mass is 79.9. The van der Waals surface area contributed by atoms with Gasteiger partial charge in [0.05, 0.1) is 11.6 Å². The van der Waals surface area contributed by atoms with Crippen molar-refractivity contribution in [2.24, 2.45) is 5.92 Å². The highest BCUT2D eigenvalue weighted by Gasteiger charge is 2.26. The van der Waals surface area contributed by atoms with Crippen LogP contribution in [0, 0.1) is 12.8 Å². The van der Waals surface area contributed by atoms with E-state index in [-0.39, 0.29) is 18.0 Å². The molecule has 1 aromatic rings. The number of carbonyl (C=O) groups is 2. The standard InChI is InChI=1S/C15H19BrN2O3/c1-9-2-7-12(16)13(8-9)18-15(21)17-11-5-3-10(4-6-11)14(19)20/h2,7-8,10-11H,3-6H2,1H3,(H,19,20)(H2,17,18,21). The van der Waals surface area contributed by atoms with Crippen molar-refractivity contribution in [3.8, 4) is 0 Å². The van der Waals surface area contributed by atoms with Crippen molar-refractivity contribution >= 4 is 33.6 Å². The summed E-state index contributed by atoms with van der Waals surface area (Å²) in [6.07, 6.45) is 2.65. The highest BCUT2D eigenvalue weighted by Crippen LogP contribution is 2.25. The summed E-state index contributed by atoms with van der Waals surface area (Å²) in [6, 6.07) is 5.54. The Balaban J connectivity index is 1.85. The van der Waals surface area contributed by atoms with Gasteiger partial charge in [-0.25, -0.2) is 4.79 Å². The Kier molecular flexibility index (Phi) is 5.22. The number of amides is 2. The minimum Gasteiger partial charge on any atom is -0.481 e. The normalized spacial score (nSPS) is 21.6. The second-order valence-corrected chi connectivity index (χ2v) is 6.32. The molecular weight excluding hydrogens is 336 g/mol. The van der Waals surface area contributed by atoms with Crippen molar-refractivity contribution in [1.82, 2.24) is 5.32 Å². The second-order valence-electron chi connectivity index (χ2n) is 5.47. The summed E-state index contributed by atoms with van der Waals surface area (Å²) < 4.78 is 0.831. The van der Waals surface area contributed by atoms with Gasteiger partial charge in [0.1, 0.15) is 0 Å². The van der Waals surface area contributed by atoms with Gasteiger partial charge >= 0.3 is 12.0 Å². The number of nitrogens with one attached hydrogen (secondary N) is 2. The van der Waals surface area contributed by atoms with Crippen LogP contribution >= 0.6 is 15.9 Å². The van der Waals surface area contributed by atoms with Crippen molar-refractivity contribution in [1.29, 1.82) is 0 Å². The van der Waals surface area contributed by atoms with Gasteiger partial charge in [-0.3, -0.25) is 4.79 Å². The quantitative estimate of drug-likeness (QED) is 0.776. The SMILES string of the molecule is Cc1ccc(Br)c(NC(=O)NC2CCC(C(=O)O)CC2)c1. The molecule has 1 saturated carbocycles. The van der Waals surface area contributed by atoms with E-state index in [2.05, 4.69) is 26.6 Å². The molecule has 0 heterocycles. The Labute approximate surface area is 132 Å². The fourth-order valence-corrected chi connectivity index (χ4v) is 2.91. The first kappa shape index (κ1) is 15.8. The van der Waals surface area contributed by atoms with Gasteiger partial charge in [-0.15, -0.1) is 0 Å². The number of hydrogen-bond acceptors (Lipinski definition) is 2. The van der Waals surface area contributed by atoms with Crippen LogP contribution < -0.4 is 10.6 Å². The smallest absolute Gasteiger partial charge is 0.319 e. The van der Waals surface area contributed by atoms with Crippen LogP contribution in [0.1, 0.15) is 31.2 Å². The minimum atomic E-state index is -0.735. The van der Waals surface area contributed by atoms with Crippen LogP contribution in [0.2, 0.25) is 0 Å². The first-order valence-corrected chi connectivity index (χ1v) is 7.81. The lowest BCUT2D eigenvalue weighted by Gasteiger charge is -2.26. The van der Waals surface area contributed by atoms with Gasteiger partial charge in [-0.2, -0.15) is 0 Å². The zero-order valence-corrected chi connectivity index (χ0v) is 13.4. The summed E-state index contributed by atoms with van der Waals surface area (Å²) in [7, 11) is 0. The third-order valence-corrected chi connectivity index (χ3v) is 4.47. The molecule has 1 aliphatic rings. The molecule has 21 heavy (non-hydrogen) atoms. The van der Waals surface area contributed by atoms with Gasteiger partial charge in [0.2, 0.25) is 0 Å². The third kappa shape index (κ3) is 4.46. The topological polar surface area (TPSA) is 78.4 Å². The lowest BCUT2D eigenvalue weighted by Crippen LogP contribution is -2.41. The molecule has 0 aliphatic heterocycles. The maximum Gasteiger partial charge on any atom is 0.319 e. The Morgan fingerprint density at radius 3 is 2.52 bits per heavy atom. The Hall–Kier alpha value is -1.56. The highest BCUT2D eigenvalue weighted by molar-refractivity contribution is 9.10. The number of aryl methyl sites for hydroxylation is 1. The number of rotatable bonds is 3. The van der Waals surface area contributed by atoms with Gasteiger partial charge in [0, 0.05) is 10.5 Å². The number of hydrogen-bond donors (Lipinski definition) is 3. The number of urea groups is 1. The molecule has 2 rings (SSSR count). The molecule has 0 radical (unpaired) electrons. The zero-order chi connectivity index (χ0) is 15.4. The van der Waals surface area contributed by atoms with Crippen molar-refractivity contribution < 1.29 is 14.7 Å². The van der Waals surface area contributed by atoms with Gasteiger partial charge in [0.15, 0.2) is 0 Å². The first-order valence-electron chi connectivity index (χ1n) is 7.02. The number of carbonyl (C=O) groups excluding carboxylic acids is 1. The lowest BCUT2D eigenvalue weighted by molar-refractivity contribution is -0.142. The summed E-state index contributed by atoms with van der Waals surface area (Å²) in [5.74, 6) is -1.00. The van der Waals surface area contributed by atoms with Crippen LogP contribution in [0.4, 0.5) is 10.5 Å². The Morgan fingerprint density at radius 1 is 1.24 bits per heavy atom. The van der Waals surface area contributed by atoms with Crippen LogP contribution in [0.3, 0.4) is 0 Å². The second kappa shape index (κ2) is 6.93. The molecule has 3 N–H and O–H groups in total. The summed E-state index contributed by atoms with van der Waals surface area (Å²) in [6.45, 7) is 1.96. The average Bonchev–Trinajstić information content (AvgIpc) is 2.43. The number of aliphatic carboxylic acids is 1. The Morgan fingerprint density at radius 2 is 1.90 bits per heavy atom. The molecule has 0 unspecified atom stereocenters. The number of halogens is 1. The molecule has 1 aromatic carbocycles. The van der Waals surface area contributed by atoms with Crippen molar-refractivity contribution in [3.05, 3.63) is 28.2 Å². The van der Waals surface area contributed by atoms with Crippen molar-refractivity contribution in [2.45, 2.75) is 38.6 Å². The molecule has 5 nitrogen and oxygen atoms in total. The van der Waals surface area contributed by atoms with E-state index in [0.29, 0.717) is 25.7 Å². The summed E-state index contributed by atoms with van der Waals surface area (Å²) in [5, 5.41) is 14.7. The predicted octanol–water partition coefficient (Wildman–Crippen LogP) is 3.52. The van der Waals surface area contributed by atoms with E-state index in [4.69, 9.17) is 5.11 Å². The third-order valence-electron chi connectivity index (χ3n) is 3.78. The monoisotopic (exact) mass is 354 g/mol. The largest absolute Gasteiger partial charge is 0.481 e. The maximum atomic E-state index is 12.0. The van der Waals surface area contributed by atoms with Gasteiger partial charge in [-0.1, -0.05) is 6.07 Å². The Bertz CT molecular complexity index is 540. The zero-order valence-electron chi connectivity index (χ0n) is 11.9. The van der Waals surface area contributed by atoms with E-state index in [1.54, 1.807) is 0 Å². The molecule has 1 fully saturated rings. The van der Waals surface area contributed by atoms with Crippen LogP contribution in [-0.2, 0) is 4.79 Å². The molecule has 2 amide bonds. The van der Waals surface area contributed by atoms with E-state index in [1.165, 1.54) is 0 Å². The number of carboxylic acids is 1. The van der Waals surface area contributed by atoms with Crippen molar-refractivity contribution in [2.75, 3.05) is 5.32 Å². The molecular formula is C15H19BrN2O3. The van der Waals surface area contributed by atoms with Gasteiger partial charge in [-0.05, 0) is 66.2 Å². The van der Waals surface area contributed by atoms with E-state index in [9.17, 15) is 9.59 Å². The summed E-state index contributed by atoms with van der Waals surface area (Å²) in [5.41, 5.74) is 1.79. The van der Waals surface area contributed by atoms with Crippen LogP contribution in [0.25, 0.3) is 0 Å². The maximum absolute atomic E-state index is 12.0. The molecule has 0 aromatic heterocycles. The average molecular weight is 355 g/mol. The summed E-state index contributed by atoms with van der Waals surface area (Å²) in [4.78, 5) is 22.9. The fourth-order valence-electron chi connectivity index (χ4n) is 2.56. The van der Waals surface area contributed by atoms with Gasteiger partial charge < -0.3 is 15.7 Å². The molecule has 1 aliphatic carbocycles. The summed E-state index contributed by atoms with van der Waals surface area (Å²) >= 11 is 3.40. The number of carboxylic acid groups (broad SMARTS) is 1. The predicted molar refractivity (Wildman–Crippen MR) is 84.4 cm³/mol. The fraction of sp³-hybridized carbons (Fsp3) is 0.467. The number of anilines is 1. The van der Waals surface area contributed by atoms with Crippen LogP contribution in [0.5, 0.6) is 0 Å². The number of benzene rings is 1. The van der Waals surface area contributed by atoms with Crippen LogP contribution in [-0.4, -0.2) is 23.1 Å². The molecule has 0 atom stereocenters. The molecule has 0 spiro atoms. The molecule has 6 heteroatoms. The van der Waals surface area contributed by atoms with Crippen molar-refractivity contribution in [3.63, 3.8) is 0 Å².